The Morgan fingerprint density at radius 3 is 2.42 bits per heavy atom. The highest BCUT2D eigenvalue weighted by atomic mass is 35.5. The Morgan fingerprint density at radius 1 is 1.42 bits per heavy atom. The van der Waals surface area contributed by atoms with Crippen LogP contribution >= 0.6 is 11.6 Å². The van der Waals surface area contributed by atoms with Crippen LogP contribution in [0.2, 0.25) is 5.15 Å². The van der Waals surface area contributed by atoms with Gasteiger partial charge in [0.25, 0.3) is 0 Å². The topological polar surface area (TPSA) is 46.0 Å². The van der Waals surface area contributed by atoms with Crippen molar-refractivity contribution < 1.29 is 5.11 Å². The summed E-state index contributed by atoms with van der Waals surface area (Å²) in [6.45, 7) is 5.95. The monoisotopic (exact) mass is 186 g/mol. The maximum absolute atomic E-state index is 9.05. The van der Waals surface area contributed by atoms with Gasteiger partial charge in [0.15, 0.2) is 10.9 Å². The number of hydrogen-bond donors (Lipinski definition) is 1. The van der Waals surface area contributed by atoms with Crippen LogP contribution in [0.5, 0.6) is 5.75 Å². The lowest BCUT2D eigenvalue weighted by molar-refractivity contribution is 0.462. The maximum atomic E-state index is 9.05. The molecule has 0 fully saturated rings. The fourth-order valence-electron chi connectivity index (χ4n) is 0.716. The fourth-order valence-corrected chi connectivity index (χ4v) is 0.845. The minimum absolute atomic E-state index is 0.0790. The van der Waals surface area contributed by atoms with Crippen LogP contribution in [-0.4, -0.2) is 15.1 Å². The van der Waals surface area contributed by atoms with Gasteiger partial charge in [0.1, 0.15) is 5.82 Å². The molecule has 66 valence electrons. The summed E-state index contributed by atoms with van der Waals surface area (Å²) in [5.74, 6) is 0.551. The van der Waals surface area contributed by atoms with Gasteiger partial charge < -0.3 is 5.11 Å². The van der Waals surface area contributed by atoms with Crippen molar-refractivity contribution in [3.63, 3.8) is 0 Å². The van der Waals surface area contributed by atoms with Crippen molar-refractivity contribution in [3.05, 3.63) is 17.2 Å². The van der Waals surface area contributed by atoms with E-state index in [0.29, 0.717) is 5.82 Å². The van der Waals surface area contributed by atoms with Crippen LogP contribution in [0.4, 0.5) is 0 Å². The molecular formula is C8H11ClN2O. The van der Waals surface area contributed by atoms with Crippen molar-refractivity contribution in [2.75, 3.05) is 0 Å². The lowest BCUT2D eigenvalue weighted by Crippen LogP contribution is -2.15. The van der Waals surface area contributed by atoms with E-state index in [9.17, 15) is 0 Å². The Kier molecular flexibility index (Phi) is 2.24. The van der Waals surface area contributed by atoms with E-state index < -0.39 is 0 Å². The Hall–Kier alpha value is -0.830. The third kappa shape index (κ3) is 1.85. The lowest BCUT2D eigenvalue weighted by atomic mass is 9.96. The molecule has 0 unspecified atom stereocenters. The summed E-state index contributed by atoms with van der Waals surface area (Å²) < 4.78 is 0. The average molecular weight is 187 g/mol. The zero-order valence-electron chi connectivity index (χ0n) is 7.30. The van der Waals surface area contributed by atoms with Gasteiger partial charge in [-0.15, -0.1) is 0 Å². The molecular weight excluding hydrogens is 176 g/mol. The molecule has 1 N–H and O–H groups in total. The first-order chi connectivity index (χ1) is 5.41. The number of nitrogens with zero attached hydrogens (tertiary/aromatic N) is 2. The fraction of sp³-hybridized carbons (Fsp3) is 0.500. The van der Waals surface area contributed by atoms with Gasteiger partial charge in [-0.3, -0.25) is 0 Å². The van der Waals surface area contributed by atoms with Crippen molar-refractivity contribution >= 4 is 11.6 Å². The number of aromatic hydroxyl groups is 1. The van der Waals surface area contributed by atoms with Crippen LogP contribution in [0, 0.1) is 0 Å². The van der Waals surface area contributed by atoms with Gasteiger partial charge in [-0.2, -0.15) is 0 Å². The summed E-state index contributed by atoms with van der Waals surface area (Å²) >= 11 is 5.62. The summed E-state index contributed by atoms with van der Waals surface area (Å²) in [5.41, 5.74) is -0.142. The molecule has 1 heterocycles. The van der Waals surface area contributed by atoms with Gasteiger partial charge in [0, 0.05) is 5.41 Å². The first-order valence-electron chi connectivity index (χ1n) is 3.63. The molecule has 1 rings (SSSR count). The normalized spacial score (nSPS) is 11.7. The van der Waals surface area contributed by atoms with E-state index in [1.165, 1.54) is 6.20 Å². The molecule has 4 heteroatoms. The zero-order valence-corrected chi connectivity index (χ0v) is 8.05. The van der Waals surface area contributed by atoms with Gasteiger partial charge in [0.2, 0.25) is 0 Å². The second kappa shape index (κ2) is 2.90. The summed E-state index contributed by atoms with van der Waals surface area (Å²) in [6.07, 6.45) is 1.32. The SMILES string of the molecule is CC(C)(C)c1ncc(O)c(Cl)n1. The number of hydrogen-bond acceptors (Lipinski definition) is 3. The molecule has 3 nitrogen and oxygen atoms in total. The molecule has 0 saturated heterocycles. The predicted octanol–water partition coefficient (Wildman–Crippen LogP) is 2.13. The first-order valence-corrected chi connectivity index (χ1v) is 4.01. The standard InChI is InChI=1S/C8H11ClN2O/c1-8(2,3)7-10-4-5(12)6(9)11-7/h4,12H,1-3H3. The summed E-state index contributed by atoms with van der Waals surface area (Å²) in [5, 5.41) is 9.16. The smallest absolute Gasteiger partial charge is 0.174 e. The van der Waals surface area contributed by atoms with Gasteiger partial charge >= 0.3 is 0 Å². The van der Waals surface area contributed by atoms with E-state index in [0.717, 1.165) is 0 Å². The van der Waals surface area contributed by atoms with E-state index in [1.54, 1.807) is 0 Å². The van der Waals surface area contributed by atoms with E-state index in [-0.39, 0.29) is 16.3 Å². The molecule has 12 heavy (non-hydrogen) atoms. The summed E-state index contributed by atoms with van der Waals surface area (Å²) in [7, 11) is 0. The quantitative estimate of drug-likeness (QED) is 0.632. The molecule has 0 aliphatic carbocycles. The lowest BCUT2D eigenvalue weighted by Gasteiger charge is -2.15. The second-order valence-corrected chi connectivity index (χ2v) is 3.98. The highest BCUT2D eigenvalue weighted by molar-refractivity contribution is 6.30. The van der Waals surface area contributed by atoms with Gasteiger partial charge in [0.05, 0.1) is 6.20 Å². The second-order valence-electron chi connectivity index (χ2n) is 3.62. The van der Waals surface area contributed by atoms with Gasteiger partial charge in [-0.1, -0.05) is 32.4 Å². The van der Waals surface area contributed by atoms with E-state index in [4.69, 9.17) is 16.7 Å². The van der Waals surface area contributed by atoms with Crippen molar-refractivity contribution in [1.29, 1.82) is 0 Å². The van der Waals surface area contributed by atoms with Gasteiger partial charge in [-0.25, -0.2) is 9.97 Å². The van der Waals surface area contributed by atoms with Crippen LogP contribution < -0.4 is 0 Å². The maximum Gasteiger partial charge on any atom is 0.174 e. The molecule has 0 aliphatic rings. The molecule has 1 aromatic heterocycles. The molecule has 0 radical (unpaired) electrons. The van der Waals surface area contributed by atoms with Crippen LogP contribution in [0.1, 0.15) is 26.6 Å². The van der Waals surface area contributed by atoms with Crippen molar-refractivity contribution in [1.82, 2.24) is 9.97 Å². The minimum Gasteiger partial charge on any atom is -0.504 e. The molecule has 0 atom stereocenters. The summed E-state index contributed by atoms with van der Waals surface area (Å²) in [4.78, 5) is 7.91. The van der Waals surface area contributed by atoms with Gasteiger partial charge in [-0.05, 0) is 0 Å². The molecule has 0 saturated carbocycles. The molecule has 0 aliphatic heterocycles. The number of aromatic nitrogens is 2. The predicted molar refractivity (Wildman–Crippen MR) is 47.4 cm³/mol. The highest BCUT2D eigenvalue weighted by Crippen LogP contribution is 2.24. The third-order valence-corrected chi connectivity index (χ3v) is 1.67. The molecule has 0 spiro atoms. The summed E-state index contributed by atoms with van der Waals surface area (Å²) in [6, 6.07) is 0. The zero-order chi connectivity index (χ0) is 9.35. The van der Waals surface area contributed by atoms with Crippen molar-refractivity contribution in [2.24, 2.45) is 0 Å². The van der Waals surface area contributed by atoms with Crippen molar-refractivity contribution in [3.8, 4) is 5.75 Å². The molecule has 1 aromatic rings. The number of halogens is 1. The van der Waals surface area contributed by atoms with E-state index in [1.807, 2.05) is 20.8 Å². The van der Waals surface area contributed by atoms with Crippen LogP contribution in [-0.2, 0) is 5.41 Å². The molecule has 0 bridgehead atoms. The largest absolute Gasteiger partial charge is 0.504 e. The van der Waals surface area contributed by atoms with E-state index in [2.05, 4.69) is 9.97 Å². The van der Waals surface area contributed by atoms with Crippen LogP contribution in [0.25, 0.3) is 0 Å². The first kappa shape index (κ1) is 9.26. The minimum atomic E-state index is -0.142. The Bertz CT molecular complexity index is 294. The third-order valence-electron chi connectivity index (χ3n) is 1.40. The number of rotatable bonds is 0. The Morgan fingerprint density at radius 2 is 2.00 bits per heavy atom. The van der Waals surface area contributed by atoms with E-state index >= 15 is 0 Å². The van der Waals surface area contributed by atoms with Crippen LogP contribution in [0.3, 0.4) is 0 Å². The molecule has 0 aromatic carbocycles. The van der Waals surface area contributed by atoms with Crippen LogP contribution in [0.15, 0.2) is 6.20 Å². The highest BCUT2D eigenvalue weighted by Gasteiger charge is 2.18. The van der Waals surface area contributed by atoms with Crippen molar-refractivity contribution in [2.45, 2.75) is 26.2 Å². The Balaban J connectivity index is 3.14. The molecule has 0 amide bonds. The Labute approximate surface area is 76.4 Å². The average Bonchev–Trinajstić information content (AvgIpc) is 1.92.